The SMILES string of the molecule is C=C(C)C(=O)O.CCCCN(CCO)C(=O)O. The summed E-state index contributed by atoms with van der Waals surface area (Å²) in [5.74, 6) is -0.935. The van der Waals surface area contributed by atoms with E-state index in [9.17, 15) is 9.59 Å². The van der Waals surface area contributed by atoms with Gasteiger partial charge in [0.05, 0.1) is 6.61 Å². The molecule has 3 N–H and O–H groups in total. The maximum absolute atomic E-state index is 10.4. The number of hydrogen-bond acceptors (Lipinski definition) is 3. The second-order valence-corrected chi connectivity index (χ2v) is 3.43. The Bertz CT molecular complexity index is 240. The van der Waals surface area contributed by atoms with Crippen molar-refractivity contribution in [3.05, 3.63) is 12.2 Å². The van der Waals surface area contributed by atoms with E-state index in [0.29, 0.717) is 6.54 Å². The normalized spacial score (nSPS) is 8.88. The average molecular weight is 247 g/mol. The minimum Gasteiger partial charge on any atom is -0.478 e. The summed E-state index contributed by atoms with van der Waals surface area (Å²) in [4.78, 5) is 21.2. The van der Waals surface area contributed by atoms with Gasteiger partial charge in [0.15, 0.2) is 0 Å². The zero-order valence-electron chi connectivity index (χ0n) is 10.3. The fourth-order valence-corrected chi connectivity index (χ4v) is 0.773. The van der Waals surface area contributed by atoms with Gasteiger partial charge < -0.3 is 20.2 Å². The molecule has 0 saturated carbocycles. The number of nitrogens with zero attached hydrogens (tertiary/aromatic N) is 1. The zero-order valence-corrected chi connectivity index (χ0v) is 10.3. The van der Waals surface area contributed by atoms with E-state index in [-0.39, 0.29) is 18.7 Å². The smallest absolute Gasteiger partial charge is 0.407 e. The molecular formula is C11H21NO5. The molecule has 6 nitrogen and oxygen atoms in total. The molecule has 0 spiro atoms. The van der Waals surface area contributed by atoms with Gasteiger partial charge in [0.2, 0.25) is 0 Å². The molecular weight excluding hydrogens is 226 g/mol. The first kappa shape index (κ1) is 17.8. The van der Waals surface area contributed by atoms with Gasteiger partial charge >= 0.3 is 12.1 Å². The van der Waals surface area contributed by atoms with Crippen LogP contribution in [-0.2, 0) is 4.79 Å². The third-order valence-electron chi connectivity index (χ3n) is 1.79. The molecule has 0 aliphatic rings. The molecule has 0 bridgehead atoms. The highest BCUT2D eigenvalue weighted by molar-refractivity contribution is 5.84. The van der Waals surface area contributed by atoms with Crippen molar-refractivity contribution < 1.29 is 24.9 Å². The van der Waals surface area contributed by atoms with Crippen molar-refractivity contribution in [3.63, 3.8) is 0 Å². The molecule has 0 atom stereocenters. The van der Waals surface area contributed by atoms with Crippen LogP contribution in [0.4, 0.5) is 4.79 Å². The maximum atomic E-state index is 10.4. The van der Waals surface area contributed by atoms with Gasteiger partial charge in [-0.1, -0.05) is 19.9 Å². The summed E-state index contributed by atoms with van der Waals surface area (Å²) >= 11 is 0. The van der Waals surface area contributed by atoms with Crippen molar-refractivity contribution in [3.8, 4) is 0 Å². The van der Waals surface area contributed by atoms with E-state index in [1.165, 1.54) is 11.8 Å². The van der Waals surface area contributed by atoms with Crippen LogP contribution in [0.15, 0.2) is 12.2 Å². The van der Waals surface area contributed by atoms with E-state index < -0.39 is 12.1 Å². The largest absolute Gasteiger partial charge is 0.478 e. The lowest BCUT2D eigenvalue weighted by Gasteiger charge is -2.16. The first-order valence-corrected chi connectivity index (χ1v) is 5.34. The van der Waals surface area contributed by atoms with Crippen LogP contribution in [0.3, 0.4) is 0 Å². The Morgan fingerprint density at radius 2 is 1.71 bits per heavy atom. The number of amides is 1. The molecule has 0 unspecified atom stereocenters. The van der Waals surface area contributed by atoms with Crippen LogP contribution in [0.25, 0.3) is 0 Å². The molecule has 0 rings (SSSR count). The highest BCUT2D eigenvalue weighted by Gasteiger charge is 2.08. The predicted molar refractivity (Wildman–Crippen MR) is 64.0 cm³/mol. The van der Waals surface area contributed by atoms with Gasteiger partial charge in [0.1, 0.15) is 0 Å². The Labute approximate surface area is 101 Å². The van der Waals surface area contributed by atoms with Crippen LogP contribution in [-0.4, -0.2) is 52.0 Å². The molecule has 17 heavy (non-hydrogen) atoms. The number of aliphatic hydroxyl groups excluding tert-OH is 1. The predicted octanol–water partition coefficient (Wildman–Crippen LogP) is 1.41. The molecule has 0 aromatic carbocycles. The summed E-state index contributed by atoms with van der Waals surface area (Å²) in [5.41, 5.74) is 0.176. The zero-order chi connectivity index (χ0) is 13.8. The first-order valence-electron chi connectivity index (χ1n) is 5.34. The van der Waals surface area contributed by atoms with Crippen molar-refractivity contribution in [2.24, 2.45) is 0 Å². The van der Waals surface area contributed by atoms with Crippen LogP contribution in [0.2, 0.25) is 0 Å². The second-order valence-electron chi connectivity index (χ2n) is 3.43. The van der Waals surface area contributed by atoms with Crippen LogP contribution >= 0.6 is 0 Å². The lowest BCUT2D eigenvalue weighted by Crippen LogP contribution is -2.32. The number of hydrogen-bond donors (Lipinski definition) is 3. The standard InChI is InChI=1S/C7H15NO3.C4H6O2/c1-2-3-4-8(5-6-9)7(10)11;1-3(2)4(5)6/h9H,2-6H2,1H3,(H,10,11);1H2,2H3,(H,5,6). The van der Waals surface area contributed by atoms with Gasteiger partial charge in [-0.15, -0.1) is 0 Å². The van der Waals surface area contributed by atoms with Gasteiger partial charge in [0.25, 0.3) is 0 Å². The van der Waals surface area contributed by atoms with Crippen molar-refractivity contribution in [2.45, 2.75) is 26.7 Å². The van der Waals surface area contributed by atoms with E-state index in [1.807, 2.05) is 6.92 Å². The van der Waals surface area contributed by atoms with Crippen LogP contribution in [0.1, 0.15) is 26.7 Å². The Hall–Kier alpha value is -1.56. The Balaban J connectivity index is 0. The fraction of sp³-hybridized carbons (Fsp3) is 0.636. The van der Waals surface area contributed by atoms with E-state index in [1.54, 1.807) is 0 Å². The van der Waals surface area contributed by atoms with Gasteiger partial charge in [0, 0.05) is 18.7 Å². The molecule has 0 aliphatic heterocycles. The minimum absolute atomic E-state index is 0.101. The maximum Gasteiger partial charge on any atom is 0.407 e. The molecule has 0 aromatic rings. The summed E-state index contributed by atoms with van der Waals surface area (Å²) in [7, 11) is 0. The van der Waals surface area contributed by atoms with Gasteiger partial charge in [-0.2, -0.15) is 0 Å². The highest BCUT2D eigenvalue weighted by Crippen LogP contribution is 1.94. The molecule has 0 fully saturated rings. The fourth-order valence-electron chi connectivity index (χ4n) is 0.773. The van der Waals surface area contributed by atoms with Gasteiger partial charge in [-0.05, 0) is 13.3 Å². The molecule has 0 aromatic heterocycles. The summed E-state index contributed by atoms with van der Waals surface area (Å²) < 4.78 is 0. The van der Waals surface area contributed by atoms with E-state index in [0.717, 1.165) is 12.8 Å². The molecule has 0 aliphatic carbocycles. The Morgan fingerprint density at radius 3 is 1.94 bits per heavy atom. The lowest BCUT2D eigenvalue weighted by atomic mass is 10.3. The molecule has 0 heterocycles. The van der Waals surface area contributed by atoms with Crippen LogP contribution in [0, 0.1) is 0 Å². The van der Waals surface area contributed by atoms with Crippen LogP contribution < -0.4 is 0 Å². The number of aliphatic carboxylic acids is 1. The van der Waals surface area contributed by atoms with Crippen molar-refractivity contribution in [1.29, 1.82) is 0 Å². The molecule has 0 saturated heterocycles. The van der Waals surface area contributed by atoms with Crippen molar-refractivity contribution in [2.75, 3.05) is 19.7 Å². The number of rotatable bonds is 6. The van der Waals surface area contributed by atoms with Crippen molar-refractivity contribution >= 4 is 12.1 Å². The summed E-state index contributed by atoms with van der Waals surface area (Å²) in [6.45, 7) is 7.24. The summed E-state index contributed by atoms with van der Waals surface area (Å²) in [5, 5.41) is 24.9. The second kappa shape index (κ2) is 10.9. The number of carboxylic acid groups (broad SMARTS) is 2. The van der Waals surface area contributed by atoms with Gasteiger partial charge in [-0.25, -0.2) is 9.59 Å². The minimum atomic E-state index is -0.951. The van der Waals surface area contributed by atoms with Crippen molar-refractivity contribution in [1.82, 2.24) is 4.90 Å². The quantitative estimate of drug-likeness (QED) is 0.616. The number of unbranched alkanes of at least 4 members (excludes halogenated alkanes) is 1. The Kier molecular flexibility index (Phi) is 11.5. The number of carbonyl (C=O) groups is 2. The number of carboxylic acids is 1. The molecule has 100 valence electrons. The topological polar surface area (TPSA) is 98.1 Å². The molecule has 0 radical (unpaired) electrons. The molecule has 1 amide bonds. The summed E-state index contributed by atoms with van der Waals surface area (Å²) in [6, 6.07) is 0. The van der Waals surface area contributed by atoms with Crippen LogP contribution in [0.5, 0.6) is 0 Å². The Morgan fingerprint density at radius 1 is 1.24 bits per heavy atom. The van der Waals surface area contributed by atoms with E-state index in [4.69, 9.17) is 15.3 Å². The third-order valence-corrected chi connectivity index (χ3v) is 1.79. The monoisotopic (exact) mass is 247 g/mol. The van der Waals surface area contributed by atoms with Gasteiger partial charge in [-0.3, -0.25) is 0 Å². The number of aliphatic hydroxyl groups is 1. The third kappa shape index (κ3) is 12.4. The highest BCUT2D eigenvalue weighted by atomic mass is 16.4. The van der Waals surface area contributed by atoms with E-state index >= 15 is 0 Å². The molecule has 6 heteroatoms. The first-order chi connectivity index (χ1) is 7.86. The average Bonchev–Trinajstić information content (AvgIpc) is 2.24. The summed E-state index contributed by atoms with van der Waals surface area (Å²) in [6.07, 6.45) is 0.870. The lowest BCUT2D eigenvalue weighted by molar-refractivity contribution is -0.132. The van der Waals surface area contributed by atoms with E-state index in [2.05, 4.69) is 6.58 Å².